The zero-order valence-corrected chi connectivity index (χ0v) is 11.5. The molecule has 2 nitrogen and oxygen atoms in total. The lowest BCUT2D eigenvalue weighted by Gasteiger charge is -2.25. The van der Waals surface area contributed by atoms with E-state index in [9.17, 15) is 13.6 Å². The number of hydrogen-bond donors (Lipinski definition) is 0. The molecule has 0 saturated heterocycles. The summed E-state index contributed by atoms with van der Waals surface area (Å²) in [6, 6.07) is 1.39. The zero-order chi connectivity index (χ0) is 13.3. The van der Waals surface area contributed by atoms with Gasteiger partial charge in [-0.15, -0.1) is 0 Å². The van der Waals surface area contributed by atoms with Crippen LogP contribution in [0.5, 0.6) is 0 Å². The predicted molar refractivity (Wildman–Crippen MR) is 67.1 cm³/mol. The fraction of sp³-hybridized carbons (Fsp3) is 0.462. The van der Waals surface area contributed by atoms with Crippen molar-refractivity contribution < 1.29 is 13.6 Å². The van der Waals surface area contributed by atoms with Crippen LogP contribution in [0.2, 0.25) is 0 Å². The van der Waals surface area contributed by atoms with Gasteiger partial charge in [-0.05, 0) is 47.3 Å². The lowest BCUT2D eigenvalue weighted by molar-refractivity contribution is 0.401. The Kier molecular flexibility index (Phi) is 3.64. The number of aliphatic imine (C=N–C) groups is 1. The van der Waals surface area contributed by atoms with E-state index in [1.807, 2.05) is 0 Å². The summed E-state index contributed by atoms with van der Waals surface area (Å²) >= 11 is 3.07. The lowest BCUT2D eigenvalue weighted by Crippen LogP contribution is -2.23. The van der Waals surface area contributed by atoms with E-state index >= 15 is 0 Å². The van der Waals surface area contributed by atoms with Crippen molar-refractivity contribution in [1.29, 1.82) is 0 Å². The highest BCUT2D eigenvalue weighted by molar-refractivity contribution is 9.10. The van der Waals surface area contributed by atoms with Crippen molar-refractivity contribution >= 4 is 22.0 Å². The highest BCUT2D eigenvalue weighted by atomic mass is 79.9. The van der Waals surface area contributed by atoms with E-state index in [1.165, 1.54) is 12.1 Å². The number of hydrogen-bond acceptors (Lipinski definition) is 2. The number of halogens is 3. The molecular formula is C13H12BrF2NO. The van der Waals surface area contributed by atoms with Gasteiger partial charge in [-0.2, -0.15) is 4.99 Å². The molecular weight excluding hydrogens is 304 g/mol. The first-order chi connectivity index (χ1) is 8.52. The summed E-state index contributed by atoms with van der Waals surface area (Å²) in [5.74, 6) is -1.28. The summed E-state index contributed by atoms with van der Waals surface area (Å²) in [6.45, 7) is 1.57. The first-order valence-electron chi connectivity index (χ1n) is 5.75. The van der Waals surface area contributed by atoms with Crippen LogP contribution in [0.1, 0.15) is 36.8 Å². The van der Waals surface area contributed by atoms with E-state index in [0.717, 1.165) is 12.8 Å². The van der Waals surface area contributed by atoms with Gasteiger partial charge in [-0.25, -0.2) is 13.6 Å². The van der Waals surface area contributed by atoms with Crippen molar-refractivity contribution in [2.75, 3.05) is 0 Å². The fourth-order valence-corrected chi connectivity index (χ4v) is 3.14. The Morgan fingerprint density at radius 3 is 2.50 bits per heavy atom. The van der Waals surface area contributed by atoms with Crippen LogP contribution in [-0.4, -0.2) is 6.08 Å². The van der Waals surface area contributed by atoms with Gasteiger partial charge in [0.15, 0.2) is 0 Å². The van der Waals surface area contributed by atoms with Crippen molar-refractivity contribution in [3.05, 3.63) is 33.3 Å². The van der Waals surface area contributed by atoms with E-state index < -0.39 is 17.2 Å². The third-order valence-electron chi connectivity index (χ3n) is 3.49. The van der Waals surface area contributed by atoms with Crippen LogP contribution in [-0.2, 0) is 10.3 Å². The highest BCUT2D eigenvalue weighted by Crippen LogP contribution is 2.45. The molecule has 1 aromatic carbocycles. The molecule has 0 atom stereocenters. The average molecular weight is 316 g/mol. The number of benzene rings is 1. The van der Waals surface area contributed by atoms with Gasteiger partial charge in [-0.3, -0.25) is 0 Å². The number of isocyanates is 1. The molecule has 96 valence electrons. The van der Waals surface area contributed by atoms with Crippen LogP contribution >= 0.6 is 15.9 Å². The second-order valence-electron chi connectivity index (χ2n) is 4.62. The van der Waals surface area contributed by atoms with Crippen molar-refractivity contribution in [2.24, 2.45) is 4.99 Å². The molecule has 0 heterocycles. The van der Waals surface area contributed by atoms with Crippen molar-refractivity contribution in [1.82, 2.24) is 0 Å². The quantitative estimate of drug-likeness (QED) is 0.458. The molecule has 0 unspecified atom stereocenters. The SMILES string of the molecule is Cc1cc(Br)c(F)c(C2(N=C=O)CCCC2)c1F. The fourth-order valence-electron chi connectivity index (χ4n) is 2.60. The molecule has 1 aliphatic carbocycles. The van der Waals surface area contributed by atoms with Gasteiger partial charge in [0.2, 0.25) is 6.08 Å². The molecule has 0 radical (unpaired) electrons. The maximum absolute atomic E-state index is 14.2. The number of nitrogens with zero attached hydrogens (tertiary/aromatic N) is 1. The van der Waals surface area contributed by atoms with Crippen LogP contribution < -0.4 is 0 Å². The normalized spacial score (nSPS) is 17.6. The van der Waals surface area contributed by atoms with Gasteiger partial charge < -0.3 is 0 Å². The van der Waals surface area contributed by atoms with Gasteiger partial charge in [0, 0.05) is 0 Å². The third-order valence-corrected chi connectivity index (χ3v) is 4.07. The van der Waals surface area contributed by atoms with Gasteiger partial charge in [0.25, 0.3) is 0 Å². The Labute approximate surface area is 112 Å². The zero-order valence-electron chi connectivity index (χ0n) is 9.90. The van der Waals surface area contributed by atoms with Crippen molar-refractivity contribution in [3.8, 4) is 0 Å². The average Bonchev–Trinajstić information content (AvgIpc) is 2.77. The molecule has 1 aromatic rings. The summed E-state index contributed by atoms with van der Waals surface area (Å²) in [4.78, 5) is 14.3. The first-order valence-corrected chi connectivity index (χ1v) is 6.55. The standard InChI is InChI=1S/C13H12BrF2NO/c1-8-6-9(14)12(16)10(11(8)15)13(17-7-18)4-2-3-5-13/h6H,2-5H2,1H3. The van der Waals surface area contributed by atoms with Gasteiger partial charge in [-0.1, -0.05) is 12.8 Å². The molecule has 1 aliphatic rings. The molecule has 2 rings (SSSR count). The topological polar surface area (TPSA) is 29.4 Å². The van der Waals surface area contributed by atoms with Crippen LogP contribution in [0.25, 0.3) is 0 Å². The molecule has 0 N–H and O–H groups in total. The van der Waals surface area contributed by atoms with Crippen LogP contribution in [0, 0.1) is 18.6 Å². The summed E-state index contributed by atoms with van der Waals surface area (Å²) < 4.78 is 28.6. The predicted octanol–water partition coefficient (Wildman–Crippen LogP) is 4.14. The van der Waals surface area contributed by atoms with E-state index in [-0.39, 0.29) is 10.0 Å². The van der Waals surface area contributed by atoms with Crippen LogP contribution in [0.4, 0.5) is 8.78 Å². The summed E-state index contributed by atoms with van der Waals surface area (Å²) in [6.07, 6.45) is 4.03. The van der Waals surface area contributed by atoms with Crippen LogP contribution in [0.15, 0.2) is 15.5 Å². The Balaban J connectivity index is 2.72. The molecule has 0 amide bonds. The summed E-state index contributed by atoms with van der Waals surface area (Å²) in [7, 11) is 0. The minimum atomic E-state index is -1.08. The molecule has 1 fully saturated rings. The monoisotopic (exact) mass is 315 g/mol. The van der Waals surface area contributed by atoms with Crippen molar-refractivity contribution in [2.45, 2.75) is 38.1 Å². The Morgan fingerprint density at radius 1 is 1.33 bits per heavy atom. The summed E-state index contributed by atoms with van der Waals surface area (Å²) in [5, 5.41) is 0. The summed E-state index contributed by atoms with van der Waals surface area (Å²) in [5.41, 5.74) is -0.842. The van der Waals surface area contributed by atoms with Crippen molar-refractivity contribution in [3.63, 3.8) is 0 Å². The van der Waals surface area contributed by atoms with Gasteiger partial charge in [0.1, 0.15) is 17.2 Å². The molecule has 1 saturated carbocycles. The Morgan fingerprint density at radius 2 is 1.94 bits per heavy atom. The Bertz CT molecular complexity index is 506. The first kappa shape index (κ1) is 13.4. The van der Waals surface area contributed by atoms with E-state index in [1.54, 1.807) is 6.92 Å². The van der Waals surface area contributed by atoms with E-state index in [0.29, 0.717) is 18.4 Å². The smallest absolute Gasteiger partial charge is 0.211 e. The lowest BCUT2D eigenvalue weighted by atomic mass is 9.87. The second-order valence-corrected chi connectivity index (χ2v) is 5.47. The van der Waals surface area contributed by atoms with E-state index in [4.69, 9.17) is 0 Å². The number of carbonyl (C=O) groups excluding carboxylic acids is 1. The minimum absolute atomic E-state index is 0.102. The molecule has 18 heavy (non-hydrogen) atoms. The maximum atomic E-state index is 14.2. The van der Waals surface area contributed by atoms with E-state index in [2.05, 4.69) is 20.9 Å². The minimum Gasteiger partial charge on any atom is -0.211 e. The Hall–Kier alpha value is -1.06. The second kappa shape index (κ2) is 4.90. The largest absolute Gasteiger partial charge is 0.235 e. The van der Waals surface area contributed by atoms with Gasteiger partial charge >= 0.3 is 0 Å². The molecule has 0 aromatic heterocycles. The third kappa shape index (κ3) is 2.02. The van der Waals surface area contributed by atoms with Crippen LogP contribution in [0.3, 0.4) is 0 Å². The molecule has 0 spiro atoms. The van der Waals surface area contributed by atoms with Gasteiger partial charge in [0.05, 0.1) is 10.0 Å². The molecule has 5 heteroatoms. The number of rotatable bonds is 2. The molecule has 0 bridgehead atoms. The molecule has 0 aliphatic heterocycles. The maximum Gasteiger partial charge on any atom is 0.235 e. The number of aryl methyl sites for hydroxylation is 1. The highest BCUT2D eigenvalue weighted by Gasteiger charge is 2.41.